The normalized spacial score (nSPS) is 13.1. The fourth-order valence-electron chi connectivity index (χ4n) is 2.04. The van der Waals surface area contributed by atoms with E-state index >= 15 is 0 Å². The molecule has 0 saturated heterocycles. The molecule has 2 rings (SSSR count). The van der Waals surface area contributed by atoms with E-state index in [1.54, 1.807) is 17.8 Å². The van der Waals surface area contributed by atoms with Crippen LogP contribution in [0, 0.1) is 10.6 Å². The summed E-state index contributed by atoms with van der Waals surface area (Å²) in [7, 11) is 0. The van der Waals surface area contributed by atoms with Crippen LogP contribution in [0.2, 0.25) is 0 Å². The van der Waals surface area contributed by atoms with Gasteiger partial charge in [-0.25, -0.2) is 4.39 Å². The molecule has 1 unspecified atom stereocenters. The van der Waals surface area contributed by atoms with Crippen molar-refractivity contribution in [1.29, 1.82) is 0 Å². The average molecular weight is 270 g/mol. The minimum absolute atomic E-state index is 0.244. The molecular weight excluding hydrogens is 255 g/mol. The monoisotopic (exact) mass is 270 g/mol. The Balaban J connectivity index is 2.64. The van der Waals surface area contributed by atoms with E-state index in [1.807, 2.05) is 10.6 Å². The number of benzene rings is 1. The number of fused-ring (bicyclic) bond motifs is 1. The van der Waals surface area contributed by atoms with E-state index in [9.17, 15) is 4.39 Å². The second-order valence-corrected chi connectivity index (χ2v) is 5.25. The van der Waals surface area contributed by atoms with Gasteiger partial charge in [0.2, 0.25) is 0 Å². The van der Waals surface area contributed by atoms with E-state index < -0.39 is 0 Å². The minimum Gasteiger partial charge on any atom is -0.328 e. The zero-order valence-electron chi connectivity index (χ0n) is 9.87. The van der Waals surface area contributed by atoms with Crippen LogP contribution in [0.25, 0.3) is 11.0 Å². The summed E-state index contributed by atoms with van der Waals surface area (Å²) >= 11 is 7.08. The van der Waals surface area contributed by atoms with Crippen molar-refractivity contribution in [2.45, 2.75) is 19.4 Å². The van der Waals surface area contributed by atoms with Crippen molar-refractivity contribution in [2.24, 2.45) is 0 Å². The molecule has 0 aliphatic heterocycles. The van der Waals surface area contributed by atoms with Crippen molar-refractivity contribution in [3.8, 4) is 0 Å². The molecule has 0 aliphatic rings. The zero-order valence-corrected chi connectivity index (χ0v) is 11.5. The first kappa shape index (κ1) is 12.6. The standard InChI is InChI=1S/C12H15FN2S2/c1-3-8(7-17-2)15-10-6-4-5-9(13)11(10)14-12(15)16/h4-6,8H,3,7H2,1-2H3,(H,14,16). The number of aromatic nitrogens is 2. The second kappa shape index (κ2) is 5.23. The number of halogens is 1. The molecule has 0 amide bonds. The van der Waals surface area contributed by atoms with Crippen LogP contribution >= 0.6 is 24.0 Å². The Bertz CT molecular complexity index is 573. The van der Waals surface area contributed by atoms with Gasteiger partial charge in [0, 0.05) is 11.8 Å². The van der Waals surface area contributed by atoms with E-state index in [2.05, 4.69) is 18.2 Å². The molecular formula is C12H15FN2S2. The Kier molecular flexibility index (Phi) is 3.89. The van der Waals surface area contributed by atoms with Gasteiger partial charge in [-0.3, -0.25) is 0 Å². The number of hydrogen-bond donors (Lipinski definition) is 1. The molecule has 1 heterocycles. The Labute approximate surface area is 109 Å². The summed E-state index contributed by atoms with van der Waals surface area (Å²) in [5.74, 6) is 0.736. The van der Waals surface area contributed by atoms with Crippen LogP contribution in [-0.4, -0.2) is 21.6 Å². The highest BCUT2D eigenvalue weighted by atomic mass is 32.2. The third-order valence-electron chi connectivity index (χ3n) is 2.90. The van der Waals surface area contributed by atoms with Crippen molar-refractivity contribution in [3.63, 3.8) is 0 Å². The molecule has 0 saturated carbocycles. The predicted molar refractivity (Wildman–Crippen MR) is 74.8 cm³/mol. The fourth-order valence-corrected chi connectivity index (χ4v) is 3.16. The lowest BCUT2D eigenvalue weighted by molar-refractivity contribution is 0.547. The van der Waals surface area contributed by atoms with Gasteiger partial charge in [-0.1, -0.05) is 13.0 Å². The average Bonchev–Trinajstić information content (AvgIpc) is 2.64. The largest absolute Gasteiger partial charge is 0.328 e. The predicted octanol–water partition coefficient (Wildman–Crippen LogP) is 4.15. The van der Waals surface area contributed by atoms with Crippen molar-refractivity contribution in [2.75, 3.05) is 12.0 Å². The van der Waals surface area contributed by atoms with Gasteiger partial charge in [0.1, 0.15) is 11.3 Å². The molecule has 1 aromatic heterocycles. The first-order valence-corrected chi connectivity index (χ1v) is 7.37. The van der Waals surface area contributed by atoms with E-state index in [4.69, 9.17) is 12.2 Å². The lowest BCUT2D eigenvalue weighted by atomic mass is 10.2. The highest BCUT2D eigenvalue weighted by molar-refractivity contribution is 7.98. The number of H-pyrrole nitrogens is 1. The van der Waals surface area contributed by atoms with Crippen LogP contribution in [-0.2, 0) is 0 Å². The maximum absolute atomic E-state index is 13.6. The molecule has 2 aromatic rings. The van der Waals surface area contributed by atoms with Crippen molar-refractivity contribution < 1.29 is 4.39 Å². The number of nitrogens with one attached hydrogen (secondary N) is 1. The van der Waals surface area contributed by atoms with Gasteiger partial charge in [0.05, 0.1) is 5.52 Å². The summed E-state index contributed by atoms with van der Waals surface area (Å²) in [5, 5.41) is 0. The lowest BCUT2D eigenvalue weighted by Gasteiger charge is -2.16. The van der Waals surface area contributed by atoms with Gasteiger partial charge in [0.15, 0.2) is 4.77 Å². The molecule has 0 aliphatic carbocycles. The Hall–Kier alpha value is -0.810. The molecule has 1 aromatic carbocycles. The highest BCUT2D eigenvalue weighted by Crippen LogP contribution is 2.25. The van der Waals surface area contributed by atoms with E-state index in [1.165, 1.54) is 6.07 Å². The lowest BCUT2D eigenvalue weighted by Crippen LogP contribution is -2.10. The van der Waals surface area contributed by atoms with Gasteiger partial charge in [-0.15, -0.1) is 0 Å². The molecule has 2 nitrogen and oxygen atoms in total. The van der Waals surface area contributed by atoms with Crippen LogP contribution in [0.1, 0.15) is 19.4 Å². The fraction of sp³-hybridized carbons (Fsp3) is 0.417. The van der Waals surface area contributed by atoms with Crippen LogP contribution < -0.4 is 0 Å². The molecule has 1 atom stereocenters. The molecule has 17 heavy (non-hydrogen) atoms. The maximum atomic E-state index is 13.6. The quantitative estimate of drug-likeness (QED) is 0.842. The van der Waals surface area contributed by atoms with E-state index in [-0.39, 0.29) is 5.82 Å². The zero-order chi connectivity index (χ0) is 12.4. The Morgan fingerprint density at radius 1 is 1.53 bits per heavy atom. The molecule has 1 N–H and O–H groups in total. The molecule has 0 radical (unpaired) electrons. The van der Waals surface area contributed by atoms with Crippen LogP contribution in [0.15, 0.2) is 18.2 Å². The summed E-state index contributed by atoms with van der Waals surface area (Å²) in [4.78, 5) is 2.96. The molecule has 0 bridgehead atoms. The van der Waals surface area contributed by atoms with Gasteiger partial charge >= 0.3 is 0 Å². The maximum Gasteiger partial charge on any atom is 0.178 e. The van der Waals surface area contributed by atoms with Crippen molar-refractivity contribution in [1.82, 2.24) is 9.55 Å². The summed E-state index contributed by atoms with van der Waals surface area (Å²) in [6.45, 7) is 2.13. The third-order valence-corrected chi connectivity index (χ3v) is 3.91. The summed E-state index contributed by atoms with van der Waals surface area (Å²) in [6, 6.07) is 5.40. The van der Waals surface area contributed by atoms with Gasteiger partial charge in [0.25, 0.3) is 0 Å². The molecule has 5 heteroatoms. The minimum atomic E-state index is -0.244. The first-order valence-electron chi connectivity index (χ1n) is 5.56. The van der Waals surface area contributed by atoms with Gasteiger partial charge in [-0.05, 0) is 37.0 Å². The van der Waals surface area contributed by atoms with Gasteiger partial charge in [-0.2, -0.15) is 11.8 Å². The summed E-state index contributed by atoms with van der Waals surface area (Å²) < 4.78 is 16.3. The Morgan fingerprint density at radius 2 is 2.29 bits per heavy atom. The smallest absolute Gasteiger partial charge is 0.178 e. The number of aromatic amines is 1. The molecule has 0 fully saturated rings. The van der Waals surface area contributed by atoms with Crippen LogP contribution in [0.5, 0.6) is 0 Å². The number of rotatable bonds is 4. The highest BCUT2D eigenvalue weighted by Gasteiger charge is 2.14. The summed E-state index contributed by atoms with van der Waals surface area (Å²) in [5.41, 5.74) is 1.37. The number of nitrogens with zero attached hydrogens (tertiary/aromatic N) is 1. The number of thioether (sulfide) groups is 1. The van der Waals surface area contributed by atoms with E-state index in [0.717, 1.165) is 17.7 Å². The SMILES string of the molecule is CCC(CSC)n1c(=S)[nH]c2c(F)cccc21. The second-order valence-electron chi connectivity index (χ2n) is 3.95. The number of imidazole rings is 1. The van der Waals surface area contributed by atoms with Gasteiger partial charge < -0.3 is 9.55 Å². The third kappa shape index (κ3) is 2.26. The van der Waals surface area contributed by atoms with Crippen molar-refractivity contribution in [3.05, 3.63) is 28.8 Å². The summed E-state index contributed by atoms with van der Waals surface area (Å²) in [6.07, 6.45) is 3.06. The van der Waals surface area contributed by atoms with Crippen LogP contribution in [0.4, 0.5) is 4.39 Å². The van der Waals surface area contributed by atoms with E-state index in [0.29, 0.717) is 16.3 Å². The van der Waals surface area contributed by atoms with Crippen LogP contribution in [0.3, 0.4) is 0 Å². The molecule has 0 spiro atoms. The number of para-hydroxylation sites is 1. The molecule has 92 valence electrons. The number of hydrogen-bond acceptors (Lipinski definition) is 2. The Morgan fingerprint density at radius 3 is 2.94 bits per heavy atom. The topological polar surface area (TPSA) is 20.7 Å². The van der Waals surface area contributed by atoms with Crippen molar-refractivity contribution >= 4 is 35.0 Å². The first-order chi connectivity index (χ1) is 8.19.